The Bertz CT molecular complexity index is 943. The Labute approximate surface area is 188 Å². The van der Waals surface area contributed by atoms with Crippen LogP contribution in [0.25, 0.3) is 0 Å². The van der Waals surface area contributed by atoms with Gasteiger partial charge in [-0.3, -0.25) is 9.59 Å². The number of nitrogens with one attached hydrogen (secondary N) is 2. The van der Waals surface area contributed by atoms with Crippen LogP contribution >= 0.6 is 0 Å². The van der Waals surface area contributed by atoms with Crippen molar-refractivity contribution in [2.24, 2.45) is 5.92 Å². The van der Waals surface area contributed by atoms with Gasteiger partial charge in [-0.25, -0.2) is 4.79 Å². The normalized spacial score (nSPS) is 11.4. The predicted octanol–water partition coefficient (Wildman–Crippen LogP) is 3.72. The van der Waals surface area contributed by atoms with Gasteiger partial charge in [0.1, 0.15) is 0 Å². The minimum atomic E-state index is -0.773. The van der Waals surface area contributed by atoms with E-state index in [1.165, 1.54) is 33.3 Å². The maximum atomic E-state index is 12.7. The number of carbonyl (C=O) groups is 3. The van der Waals surface area contributed by atoms with E-state index in [4.69, 9.17) is 14.2 Å². The van der Waals surface area contributed by atoms with Gasteiger partial charge in [-0.05, 0) is 17.9 Å². The molecule has 0 aliphatic carbocycles. The molecule has 2 aromatic carbocycles. The molecule has 2 N–H and O–H groups in total. The lowest BCUT2D eigenvalue weighted by Crippen LogP contribution is -2.33. The first kappa shape index (κ1) is 24.7. The zero-order valence-corrected chi connectivity index (χ0v) is 19.1. The van der Waals surface area contributed by atoms with Gasteiger partial charge in [0.05, 0.1) is 31.5 Å². The monoisotopic (exact) mass is 442 g/mol. The van der Waals surface area contributed by atoms with E-state index in [0.717, 1.165) is 12.0 Å². The molecule has 1 atom stereocenters. The van der Waals surface area contributed by atoms with Crippen LogP contribution in [0.3, 0.4) is 0 Å². The van der Waals surface area contributed by atoms with Crippen LogP contribution in [0, 0.1) is 5.92 Å². The molecule has 8 nitrogen and oxygen atoms in total. The van der Waals surface area contributed by atoms with Gasteiger partial charge in [0.25, 0.3) is 5.91 Å². The maximum Gasteiger partial charge on any atom is 0.340 e. The molecule has 8 heteroatoms. The van der Waals surface area contributed by atoms with E-state index in [1.54, 1.807) is 0 Å². The third-order valence-corrected chi connectivity index (χ3v) is 4.63. The molecule has 1 unspecified atom stereocenters. The van der Waals surface area contributed by atoms with Crippen LogP contribution in [0.15, 0.2) is 42.5 Å². The third-order valence-electron chi connectivity index (χ3n) is 4.63. The number of carbonyl (C=O) groups excluding carboxylic acids is 3. The summed E-state index contributed by atoms with van der Waals surface area (Å²) in [5.41, 5.74) is 1.23. The summed E-state index contributed by atoms with van der Waals surface area (Å²) >= 11 is 0. The number of amides is 2. The number of ether oxygens (including phenoxy) is 3. The van der Waals surface area contributed by atoms with Gasteiger partial charge in [-0.2, -0.15) is 0 Å². The van der Waals surface area contributed by atoms with Gasteiger partial charge in [-0.15, -0.1) is 0 Å². The van der Waals surface area contributed by atoms with Crippen molar-refractivity contribution in [2.75, 3.05) is 26.1 Å². The first-order valence-corrected chi connectivity index (χ1v) is 10.3. The number of methoxy groups -OCH3 is 2. The number of rotatable bonds is 10. The van der Waals surface area contributed by atoms with E-state index >= 15 is 0 Å². The topological polar surface area (TPSA) is 103 Å². The molecule has 2 amide bonds. The second kappa shape index (κ2) is 11.7. The van der Waals surface area contributed by atoms with Crippen molar-refractivity contribution < 1.29 is 28.6 Å². The highest BCUT2D eigenvalue weighted by Crippen LogP contribution is 2.33. The maximum absolute atomic E-state index is 12.7. The molecular formula is C24H30N2O6. The second-order valence-electron chi connectivity index (χ2n) is 7.67. The van der Waals surface area contributed by atoms with Gasteiger partial charge < -0.3 is 24.8 Å². The molecule has 0 spiro atoms. The highest BCUT2D eigenvalue weighted by molar-refractivity contribution is 6.02. The van der Waals surface area contributed by atoms with E-state index < -0.39 is 18.5 Å². The van der Waals surface area contributed by atoms with Crippen LogP contribution in [0.5, 0.6) is 11.5 Å². The third kappa shape index (κ3) is 7.01. The molecule has 0 aliphatic heterocycles. The number of benzene rings is 2. The van der Waals surface area contributed by atoms with E-state index in [-0.39, 0.29) is 23.2 Å². The van der Waals surface area contributed by atoms with Crippen molar-refractivity contribution in [1.29, 1.82) is 0 Å². The summed E-state index contributed by atoms with van der Waals surface area (Å²) in [6.45, 7) is 5.00. The minimum absolute atomic E-state index is 0.0486. The molecule has 0 aromatic heterocycles. The standard InChI is InChI=1S/C24H30N2O6/c1-15(2)11-19(17-9-7-6-8-10-17)26-23(28)14-32-24(29)18-12-21(30-4)22(31-5)13-20(18)25-16(3)27/h6-10,12-13,15,19H,11,14H2,1-5H3,(H,25,27)(H,26,28). The van der Waals surface area contributed by atoms with Crippen LogP contribution in [-0.4, -0.2) is 38.6 Å². The summed E-state index contributed by atoms with van der Waals surface area (Å²) in [6, 6.07) is 12.3. The van der Waals surface area contributed by atoms with Crippen LogP contribution in [0.4, 0.5) is 5.69 Å². The Hall–Kier alpha value is -3.55. The van der Waals surface area contributed by atoms with E-state index in [0.29, 0.717) is 17.4 Å². The van der Waals surface area contributed by atoms with Crippen LogP contribution in [-0.2, 0) is 14.3 Å². The van der Waals surface area contributed by atoms with Crippen LogP contribution in [0.2, 0.25) is 0 Å². The molecule has 0 bridgehead atoms. The largest absolute Gasteiger partial charge is 0.493 e. The summed E-state index contributed by atoms with van der Waals surface area (Å²) in [6.07, 6.45) is 0.742. The molecule has 2 rings (SSSR count). The molecule has 0 saturated heterocycles. The Morgan fingerprint density at radius 1 is 0.969 bits per heavy atom. The van der Waals surface area contributed by atoms with Crippen molar-refractivity contribution in [1.82, 2.24) is 5.32 Å². The summed E-state index contributed by atoms with van der Waals surface area (Å²) in [5, 5.41) is 5.50. The lowest BCUT2D eigenvalue weighted by atomic mass is 9.97. The smallest absolute Gasteiger partial charge is 0.340 e. The average Bonchev–Trinajstić information content (AvgIpc) is 2.76. The lowest BCUT2D eigenvalue weighted by molar-refractivity contribution is -0.125. The molecule has 0 fully saturated rings. The fraction of sp³-hybridized carbons (Fsp3) is 0.375. The van der Waals surface area contributed by atoms with E-state index in [1.807, 2.05) is 30.3 Å². The SMILES string of the molecule is COc1cc(NC(C)=O)c(C(=O)OCC(=O)NC(CC(C)C)c2ccccc2)cc1OC. The summed E-state index contributed by atoms with van der Waals surface area (Å²) in [5.74, 6) is -0.582. The highest BCUT2D eigenvalue weighted by atomic mass is 16.5. The Morgan fingerprint density at radius 3 is 2.16 bits per heavy atom. The Balaban J connectivity index is 2.13. The predicted molar refractivity (Wildman–Crippen MR) is 121 cm³/mol. The van der Waals surface area contributed by atoms with Gasteiger partial charge >= 0.3 is 5.97 Å². The molecule has 2 aromatic rings. The minimum Gasteiger partial charge on any atom is -0.493 e. The van der Waals surface area contributed by atoms with E-state index in [9.17, 15) is 14.4 Å². The van der Waals surface area contributed by atoms with Crippen molar-refractivity contribution in [3.8, 4) is 11.5 Å². The van der Waals surface area contributed by atoms with Gasteiger partial charge in [0.2, 0.25) is 5.91 Å². The van der Waals surface area contributed by atoms with Gasteiger partial charge in [-0.1, -0.05) is 44.2 Å². The van der Waals surface area contributed by atoms with Crippen LogP contribution in [0.1, 0.15) is 49.2 Å². The number of hydrogen-bond donors (Lipinski definition) is 2. The van der Waals surface area contributed by atoms with Crippen molar-refractivity contribution in [2.45, 2.75) is 33.2 Å². The van der Waals surface area contributed by atoms with Gasteiger partial charge in [0, 0.05) is 19.1 Å². The zero-order chi connectivity index (χ0) is 23.7. The highest BCUT2D eigenvalue weighted by Gasteiger charge is 2.21. The van der Waals surface area contributed by atoms with Gasteiger partial charge in [0.15, 0.2) is 18.1 Å². The second-order valence-corrected chi connectivity index (χ2v) is 7.67. The molecule has 0 aliphatic rings. The summed E-state index contributed by atoms with van der Waals surface area (Å²) < 4.78 is 15.7. The lowest BCUT2D eigenvalue weighted by Gasteiger charge is -2.21. The Morgan fingerprint density at radius 2 is 1.59 bits per heavy atom. The first-order valence-electron chi connectivity index (χ1n) is 10.3. The zero-order valence-electron chi connectivity index (χ0n) is 19.1. The quantitative estimate of drug-likeness (QED) is 0.544. The average molecular weight is 443 g/mol. The molecule has 172 valence electrons. The molecule has 0 saturated carbocycles. The molecule has 0 radical (unpaired) electrons. The van der Waals surface area contributed by atoms with E-state index in [2.05, 4.69) is 24.5 Å². The fourth-order valence-corrected chi connectivity index (χ4v) is 3.22. The number of esters is 1. The molecular weight excluding hydrogens is 412 g/mol. The fourth-order valence-electron chi connectivity index (χ4n) is 3.22. The number of hydrogen-bond acceptors (Lipinski definition) is 6. The Kier molecular flexibility index (Phi) is 9.07. The molecule has 32 heavy (non-hydrogen) atoms. The van der Waals surface area contributed by atoms with Crippen molar-refractivity contribution in [3.05, 3.63) is 53.6 Å². The first-order chi connectivity index (χ1) is 15.2. The number of anilines is 1. The van der Waals surface area contributed by atoms with Crippen LogP contribution < -0.4 is 20.1 Å². The summed E-state index contributed by atoms with van der Waals surface area (Å²) in [4.78, 5) is 36.8. The van der Waals surface area contributed by atoms with Crippen molar-refractivity contribution >= 4 is 23.5 Å². The van der Waals surface area contributed by atoms with Crippen molar-refractivity contribution in [3.63, 3.8) is 0 Å². The summed E-state index contributed by atoms with van der Waals surface area (Å²) in [7, 11) is 2.87. The molecule has 0 heterocycles.